The Kier molecular flexibility index (Phi) is 2.47. The van der Waals surface area contributed by atoms with Crippen LogP contribution in [0.1, 0.15) is 39.5 Å². The van der Waals surface area contributed by atoms with Gasteiger partial charge in [-0.15, -0.1) is 0 Å². The van der Waals surface area contributed by atoms with Crippen LogP contribution in [0, 0.1) is 28.6 Å². The largest absolute Gasteiger partial charge is 0.396 e. The molecule has 96 valence electrons. The Labute approximate surface area is 104 Å². The lowest BCUT2D eigenvalue weighted by Gasteiger charge is -2.62. The van der Waals surface area contributed by atoms with Crippen LogP contribution >= 0.6 is 0 Å². The third-order valence-corrected chi connectivity index (χ3v) is 6.20. The molecule has 2 nitrogen and oxygen atoms in total. The van der Waals surface area contributed by atoms with Gasteiger partial charge in [-0.05, 0) is 49.4 Å². The Balaban J connectivity index is 2.06. The minimum atomic E-state index is 0.0359. The second-order valence-corrected chi connectivity index (χ2v) is 6.89. The van der Waals surface area contributed by atoms with Crippen LogP contribution < -0.4 is 0 Å². The van der Waals surface area contributed by atoms with Crippen LogP contribution in [0.25, 0.3) is 0 Å². The number of aliphatic hydroxyl groups is 2. The van der Waals surface area contributed by atoms with Gasteiger partial charge in [-0.3, -0.25) is 0 Å². The topological polar surface area (TPSA) is 40.5 Å². The number of aliphatic hydroxyl groups excluding tert-OH is 2. The highest BCUT2D eigenvalue weighted by atomic mass is 16.3. The van der Waals surface area contributed by atoms with Crippen molar-refractivity contribution in [1.29, 1.82) is 0 Å². The summed E-state index contributed by atoms with van der Waals surface area (Å²) in [4.78, 5) is 0. The summed E-state index contributed by atoms with van der Waals surface area (Å²) >= 11 is 0. The van der Waals surface area contributed by atoms with E-state index in [0.717, 1.165) is 19.3 Å². The van der Waals surface area contributed by atoms with Crippen LogP contribution in [0.4, 0.5) is 0 Å². The van der Waals surface area contributed by atoms with E-state index in [4.69, 9.17) is 0 Å². The zero-order chi connectivity index (χ0) is 12.3. The monoisotopic (exact) mass is 236 g/mol. The Morgan fingerprint density at radius 3 is 2.65 bits per heavy atom. The quantitative estimate of drug-likeness (QED) is 0.723. The highest BCUT2D eigenvalue weighted by molar-refractivity contribution is 5.28. The molecule has 0 heterocycles. The lowest BCUT2D eigenvalue weighted by atomic mass is 9.42. The molecule has 2 heteroatoms. The minimum Gasteiger partial charge on any atom is -0.396 e. The average molecular weight is 236 g/mol. The lowest BCUT2D eigenvalue weighted by Crippen LogP contribution is -2.58. The first-order chi connectivity index (χ1) is 8.07. The van der Waals surface area contributed by atoms with E-state index in [1.54, 1.807) is 0 Å². The number of hydrogen-bond acceptors (Lipinski definition) is 2. The van der Waals surface area contributed by atoms with Gasteiger partial charge in [0.05, 0.1) is 0 Å². The van der Waals surface area contributed by atoms with Crippen molar-refractivity contribution in [3.8, 4) is 0 Å². The third-order valence-electron chi connectivity index (χ3n) is 6.20. The second kappa shape index (κ2) is 3.58. The summed E-state index contributed by atoms with van der Waals surface area (Å²) in [5, 5.41) is 19.7. The van der Waals surface area contributed by atoms with E-state index in [1.807, 2.05) is 0 Å². The zero-order valence-corrected chi connectivity index (χ0v) is 10.9. The van der Waals surface area contributed by atoms with E-state index in [-0.39, 0.29) is 17.4 Å². The second-order valence-electron chi connectivity index (χ2n) is 6.89. The standard InChI is InChI=1S/C15H24O2/c1-10-6-12-13-7-11(10)15(13,9-17)5-3-4-14(12,2)8-16/h6,11-13,16-17H,3-5,7-9H2,1-2H3. The van der Waals surface area contributed by atoms with Crippen LogP contribution in [0.5, 0.6) is 0 Å². The third kappa shape index (κ3) is 1.29. The molecule has 4 rings (SSSR count). The van der Waals surface area contributed by atoms with Crippen molar-refractivity contribution in [2.75, 3.05) is 13.2 Å². The summed E-state index contributed by atoms with van der Waals surface area (Å²) in [6, 6.07) is 0. The summed E-state index contributed by atoms with van der Waals surface area (Å²) in [7, 11) is 0. The van der Waals surface area contributed by atoms with Crippen molar-refractivity contribution in [3.05, 3.63) is 11.6 Å². The number of allylic oxidation sites excluding steroid dienone is 2. The predicted octanol–water partition coefficient (Wildman–Crippen LogP) is 2.36. The first-order valence-electron chi connectivity index (χ1n) is 6.97. The molecule has 0 saturated heterocycles. The van der Waals surface area contributed by atoms with Crippen molar-refractivity contribution in [2.45, 2.75) is 39.5 Å². The van der Waals surface area contributed by atoms with Gasteiger partial charge in [-0.1, -0.05) is 25.0 Å². The van der Waals surface area contributed by atoms with E-state index < -0.39 is 0 Å². The molecule has 5 atom stereocenters. The van der Waals surface area contributed by atoms with Gasteiger partial charge in [0.15, 0.2) is 0 Å². The minimum absolute atomic E-state index is 0.0359. The molecule has 2 fully saturated rings. The molecule has 0 aliphatic heterocycles. The molecule has 0 aromatic heterocycles. The molecule has 0 aromatic carbocycles. The van der Waals surface area contributed by atoms with Crippen molar-refractivity contribution >= 4 is 0 Å². The molecule has 4 aliphatic rings. The fraction of sp³-hybridized carbons (Fsp3) is 0.867. The van der Waals surface area contributed by atoms with Crippen LogP contribution in [0.2, 0.25) is 0 Å². The molecule has 0 aromatic rings. The molecule has 5 unspecified atom stereocenters. The maximum Gasteiger partial charge on any atom is 0.0496 e. The number of hydrogen-bond donors (Lipinski definition) is 2. The van der Waals surface area contributed by atoms with Gasteiger partial charge in [0.25, 0.3) is 0 Å². The van der Waals surface area contributed by atoms with Crippen LogP contribution in [0.3, 0.4) is 0 Å². The average Bonchev–Trinajstić information content (AvgIpc) is 2.37. The number of rotatable bonds is 2. The highest BCUT2D eigenvalue weighted by Gasteiger charge is 2.63. The van der Waals surface area contributed by atoms with Crippen LogP contribution in [-0.2, 0) is 0 Å². The Morgan fingerprint density at radius 1 is 1.29 bits per heavy atom. The first-order valence-corrected chi connectivity index (χ1v) is 6.97. The van der Waals surface area contributed by atoms with Gasteiger partial charge in [0, 0.05) is 18.6 Å². The van der Waals surface area contributed by atoms with Crippen molar-refractivity contribution in [1.82, 2.24) is 0 Å². The summed E-state index contributed by atoms with van der Waals surface area (Å²) in [6.07, 6.45) is 7.05. The van der Waals surface area contributed by atoms with Gasteiger partial charge in [0.2, 0.25) is 0 Å². The summed E-state index contributed by atoms with van der Waals surface area (Å²) in [5.41, 5.74) is 1.66. The normalized spacial score (nSPS) is 52.5. The fourth-order valence-electron chi connectivity index (χ4n) is 5.01. The van der Waals surface area contributed by atoms with E-state index in [2.05, 4.69) is 19.9 Å². The first kappa shape index (κ1) is 11.7. The van der Waals surface area contributed by atoms with E-state index in [1.165, 1.54) is 12.0 Å². The van der Waals surface area contributed by atoms with Gasteiger partial charge < -0.3 is 10.2 Å². The summed E-state index contributed by atoms with van der Waals surface area (Å²) in [5.74, 6) is 1.71. The molecule has 4 bridgehead atoms. The van der Waals surface area contributed by atoms with Crippen LogP contribution in [-0.4, -0.2) is 23.4 Å². The molecule has 2 N–H and O–H groups in total. The molecular formula is C15H24O2. The smallest absolute Gasteiger partial charge is 0.0496 e. The highest BCUT2D eigenvalue weighted by Crippen LogP contribution is 2.68. The van der Waals surface area contributed by atoms with Gasteiger partial charge >= 0.3 is 0 Å². The molecule has 2 saturated carbocycles. The summed E-state index contributed by atoms with van der Waals surface area (Å²) in [6.45, 7) is 5.07. The van der Waals surface area contributed by atoms with E-state index >= 15 is 0 Å². The van der Waals surface area contributed by atoms with Crippen molar-refractivity contribution in [3.63, 3.8) is 0 Å². The Hall–Kier alpha value is -0.340. The fourth-order valence-corrected chi connectivity index (χ4v) is 5.01. The summed E-state index contributed by atoms with van der Waals surface area (Å²) < 4.78 is 0. The van der Waals surface area contributed by atoms with Gasteiger partial charge in [-0.25, -0.2) is 0 Å². The molecule has 0 radical (unpaired) electrons. The SMILES string of the molecule is CC1=CC2C3CC1C3(CO)CCCC2(C)CO. The van der Waals surface area contributed by atoms with Crippen LogP contribution in [0.15, 0.2) is 11.6 Å². The predicted molar refractivity (Wildman–Crippen MR) is 67.4 cm³/mol. The molecule has 0 spiro atoms. The van der Waals surface area contributed by atoms with Crippen molar-refractivity contribution in [2.24, 2.45) is 28.6 Å². The van der Waals surface area contributed by atoms with Gasteiger partial charge in [0.1, 0.15) is 0 Å². The zero-order valence-electron chi connectivity index (χ0n) is 10.9. The van der Waals surface area contributed by atoms with Crippen molar-refractivity contribution < 1.29 is 10.2 Å². The van der Waals surface area contributed by atoms with Gasteiger partial charge in [-0.2, -0.15) is 0 Å². The Morgan fingerprint density at radius 2 is 2.06 bits per heavy atom. The Bertz CT molecular complexity index is 362. The lowest BCUT2D eigenvalue weighted by molar-refractivity contribution is -0.125. The van der Waals surface area contributed by atoms with E-state index in [9.17, 15) is 10.2 Å². The molecule has 0 amide bonds. The molecule has 17 heavy (non-hydrogen) atoms. The molecular weight excluding hydrogens is 212 g/mol. The maximum atomic E-state index is 9.89. The van der Waals surface area contributed by atoms with E-state index in [0.29, 0.717) is 24.4 Å². The molecule has 4 aliphatic carbocycles. The maximum absolute atomic E-state index is 9.89.